The van der Waals surface area contributed by atoms with Crippen molar-refractivity contribution in [2.45, 2.75) is 51.1 Å². The molecule has 2 fully saturated rings. The third-order valence-corrected chi connectivity index (χ3v) is 12.1. The summed E-state index contributed by atoms with van der Waals surface area (Å²) in [5.74, 6) is 2.03. The van der Waals surface area contributed by atoms with Gasteiger partial charge in [0.05, 0.1) is 49.1 Å². The van der Waals surface area contributed by atoms with Crippen LogP contribution in [0.5, 0.6) is 0 Å². The minimum absolute atomic E-state index is 0.0498. The van der Waals surface area contributed by atoms with E-state index in [2.05, 4.69) is 71.8 Å². The van der Waals surface area contributed by atoms with Crippen molar-refractivity contribution < 1.29 is 14.2 Å². The zero-order valence-corrected chi connectivity index (χ0v) is 34.1. The molecule has 0 radical (unpaired) electrons. The summed E-state index contributed by atoms with van der Waals surface area (Å²) in [6.45, 7) is 3.28. The molecule has 14 nitrogen and oxygen atoms in total. The Balaban J connectivity index is 0.890. The van der Waals surface area contributed by atoms with E-state index in [9.17, 15) is 9.59 Å². The minimum atomic E-state index is -0.239. The van der Waals surface area contributed by atoms with Gasteiger partial charge in [-0.15, -0.1) is 0 Å². The van der Waals surface area contributed by atoms with Crippen LogP contribution in [-0.2, 0) is 29.0 Å². The second-order valence-corrected chi connectivity index (χ2v) is 16.3. The first-order chi connectivity index (χ1) is 29.3. The molecule has 0 bridgehead atoms. The van der Waals surface area contributed by atoms with Crippen LogP contribution in [-0.4, -0.2) is 62.9 Å². The van der Waals surface area contributed by atoms with E-state index in [1.165, 1.54) is 16.7 Å². The first-order valence-electron chi connectivity index (χ1n) is 20.2. The molecule has 10 rings (SSSR count). The van der Waals surface area contributed by atoms with Crippen LogP contribution in [0.1, 0.15) is 48.4 Å². The molecule has 302 valence electrons. The van der Waals surface area contributed by atoms with Crippen molar-refractivity contribution in [2.75, 3.05) is 56.4 Å². The lowest BCUT2D eigenvalue weighted by molar-refractivity contribution is -0.716. The number of carbonyl (C=O) groups is 2. The van der Waals surface area contributed by atoms with E-state index in [1.807, 2.05) is 41.2 Å². The average Bonchev–Trinajstić information content (AvgIpc) is 3.89. The predicted octanol–water partition coefficient (Wildman–Crippen LogP) is 7.49. The van der Waals surface area contributed by atoms with Gasteiger partial charge in [0.1, 0.15) is 21.4 Å². The van der Waals surface area contributed by atoms with E-state index in [-0.39, 0.29) is 24.3 Å². The fraction of sp³-hybridized carbons (Fsp3) is 0.273. The Morgan fingerprint density at radius 2 is 1.35 bits per heavy atom. The Morgan fingerprint density at radius 1 is 0.650 bits per heavy atom. The molecule has 2 amide bonds. The number of anilines is 9. The quantitative estimate of drug-likeness (QED) is 0.140. The molecule has 6 aromatic rings. The van der Waals surface area contributed by atoms with E-state index in [4.69, 9.17) is 33.2 Å². The molecule has 4 aliphatic heterocycles. The van der Waals surface area contributed by atoms with Gasteiger partial charge >= 0.3 is 0 Å². The second-order valence-electron chi connectivity index (χ2n) is 15.5. The molecule has 2 aromatic carbocycles. The summed E-state index contributed by atoms with van der Waals surface area (Å²) < 4.78 is 2.01. The number of fused-ring (bicyclic) bond motifs is 2. The Labute approximate surface area is 356 Å². The Hall–Kier alpha value is -6.38. The molecule has 1 atom stereocenters. The number of hydrogen-bond donors (Lipinski definition) is 2. The highest BCUT2D eigenvalue weighted by Crippen LogP contribution is 2.37. The molecule has 2 saturated heterocycles. The van der Waals surface area contributed by atoms with Crippen molar-refractivity contribution in [2.24, 2.45) is 0 Å². The number of nitrogens with one attached hydrogen (secondary N) is 2. The summed E-state index contributed by atoms with van der Waals surface area (Å²) in [4.78, 5) is 57.7. The zero-order chi connectivity index (χ0) is 40.7. The molecule has 0 spiro atoms. The number of para-hydroxylation sites is 1. The topological polar surface area (TPSA) is 139 Å². The van der Waals surface area contributed by atoms with Crippen molar-refractivity contribution in [3.8, 4) is 0 Å². The van der Waals surface area contributed by atoms with Gasteiger partial charge < -0.3 is 30.2 Å². The summed E-state index contributed by atoms with van der Waals surface area (Å²) in [7, 11) is 0. The lowest BCUT2D eigenvalue weighted by Crippen LogP contribution is -2.42. The molecule has 60 heavy (non-hydrogen) atoms. The fourth-order valence-electron chi connectivity index (χ4n) is 8.65. The molecule has 0 saturated carbocycles. The third-order valence-electron chi connectivity index (χ3n) is 11.6. The van der Waals surface area contributed by atoms with Crippen molar-refractivity contribution in [1.82, 2.24) is 24.9 Å². The number of nitrogens with zero attached hydrogens (tertiary/aromatic N) is 10. The highest BCUT2D eigenvalue weighted by Gasteiger charge is 2.38. The van der Waals surface area contributed by atoms with Crippen LogP contribution in [0.25, 0.3) is 0 Å². The van der Waals surface area contributed by atoms with Crippen LogP contribution < -0.4 is 34.8 Å². The molecule has 4 aliphatic rings. The fourth-order valence-corrected chi connectivity index (χ4v) is 9.05. The molecule has 2 N–H and O–H groups in total. The summed E-state index contributed by atoms with van der Waals surface area (Å²) in [6, 6.07) is 20.3. The first-order valence-corrected chi connectivity index (χ1v) is 21.0. The predicted molar refractivity (Wildman–Crippen MR) is 232 cm³/mol. The minimum Gasteiger partial charge on any atom is -0.351 e. The molecule has 8 heterocycles. The SMILES string of the molecule is O=C1CCCN1c1cc(Nc2ncc(Cl)c(N3CCc4ccccc4C3)n2)c[n+](C2CC(=O)N(c3cncc(Nc4ncc(Cl)c(N5CCCc6ccccc65)n4)c3)C2)c1. The average molecular weight is 841 g/mol. The molecule has 1 unspecified atom stereocenters. The van der Waals surface area contributed by atoms with Gasteiger partial charge in [0.15, 0.2) is 30.1 Å². The molecule has 0 aliphatic carbocycles. The van der Waals surface area contributed by atoms with Gasteiger partial charge in [-0.25, -0.2) is 9.97 Å². The van der Waals surface area contributed by atoms with Crippen LogP contribution in [0.3, 0.4) is 0 Å². The van der Waals surface area contributed by atoms with Gasteiger partial charge in [0, 0.05) is 38.3 Å². The van der Waals surface area contributed by atoms with E-state index in [0.29, 0.717) is 76.7 Å². The standard InChI is InChI=1S/C44H41Cl2N12O2/c45-36-22-48-44(52-41(36)54-16-13-28-7-1-2-9-30(28)24-54)51-32-18-35(56-14-6-12-39(56)59)26-55(25-32)34-19-40(60)58(27-34)33-17-31(20-47-21-33)50-43-49-23-37(46)42(53-43)57-15-5-10-29-8-3-4-11-38(29)57/h1-4,7-9,11,17-18,20-23,25-26,34H,5-6,10,12-16,19,24,27H2,(H,48,51,52)(H,49,50,53)/q+1. The maximum atomic E-state index is 13.8. The number of rotatable bonds is 9. The van der Waals surface area contributed by atoms with Gasteiger partial charge in [0.2, 0.25) is 23.7 Å². The number of amides is 2. The van der Waals surface area contributed by atoms with Crippen molar-refractivity contribution >= 4 is 87.0 Å². The number of aromatic nitrogens is 6. The number of aryl methyl sites for hydroxylation is 1. The number of halogens is 2. The highest BCUT2D eigenvalue weighted by molar-refractivity contribution is 6.33. The van der Waals surface area contributed by atoms with E-state index >= 15 is 0 Å². The van der Waals surface area contributed by atoms with E-state index < -0.39 is 0 Å². The first kappa shape index (κ1) is 37.9. The van der Waals surface area contributed by atoms with Crippen molar-refractivity contribution in [3.63, 3.8) is 0 Å². The van der Waals surface area contributed by atoms with Crippen molar-refractivity contribution in [3.05, 3.63) is 125 Å². The normalized spacial score (nSPS) is 17.5. The summed E-state index contributed by atoms with van der Waals surface area (Å²) >= 11 is 13.3. The number of pyridine rings is 2. The summed E-state index contributed by atoms with van der Waals surface area (Å²) in [6.07, 6.45) is 14.9. The van der Waals surface area contributed by atoms with Gasteiger partial charge in [-0.2, -0.15) is 14.5 Å². The van der Waals surface area contributed by atoms with Gasteiger partial charge in [-0.1, -0.05) is 65.7 Å². The maximum absolute atomic E-state index is 13.8. The van der Waals surface area contributed by atoms with Crippen molar-refractivity contribution in [1.29, 1.82) is 0 Å². The van der Waals surface area contributed by atoms with Gasteiger partial charge in [0.25, 0.3) is 0 Å². The molecular formula is C44H41Cl2N12O2+. The largest absolute Gasteiger partial charge is 0.351 e. The van der Waals surface area contributed by atoms with Crippen LogP contribution in [0, 0.1) is 0 Å². The monoisotopic (exact) mass is 839 g/mol. The molecule has 16 heteroatoms. The van der Waals surface area contributed by atoms with E-state index in [0.717, 1.165) is 50.1 Å². The zero-order valence-electron chi connectivity index (χ0n) is 32.6. The molecular weight excluding hydrogens is 799 g/mol. The number of carbonyl (C=O) groups excluding carboxylic acids is 2. The van der Waals surface area contributed by atoms with Gasteiger partial charge in [-0.3, -0.25) is 14.6 Å². The summed E-state index contributed by atoms with van der Waals surface area (Å²) in [5, 5.41) is 7.59. The second kappa shape index (κ2) is 16.0. The van der Waals surface area contributed by atoms with Crippen LogP contribution in [0.15, 0.2) is 97.8 Å². The number of benzene rings is 2. The highest BCUT2D eigenvalue weighted by atomic mass is 35.5. The Bertz CT molecular complexity index is 2650. The smallest absolute Gasteiger partial charge is 0.234 e. The summed E-state index contributed by atoms with van der Waals surface area (Å²) in [5.41, 5.74) is 7.61. The molecule has 4 aromatic heterocycles. The van der Waals surface area contributed by atoms with Gasteiger partial charge in [-0.05, 0) is 60.6 Å². The lowest BCUT2D eigenvalue weighted by Gasteiger charge is -2.31. The van der Waals surface area contributed by atoms with Crippen LogP contribution >= 0.6 is 23.2 Å². The number of hydrogen-bond acceptors (Lipinski definition) is 11. The van der Waals surface area contributed by atoms with Crippen LogP contribution in [0.4, 0.5) is 52.0 Å². The Morgan fingerprint density at radius 3 is 2.17 bits per heavy atom. The van der Waals surface area contributed by atoms with E-state index in [1.54, 1.807) is 34.6 Å². The lowest BCUT2D eigenvalue weighted by atomic mass is 10.00. The Kier molecular flexibility index (Phi) is 10.1. The maximum Gasteiger partial charge on any atom is 0.234 e. The third kappa shape index (κ3) is 7.52. The van der Waals surface area contributed by atoms with Crippen LogP contribution in [0.2, 0.25) is 10.0 Å².